The van der Waals surface area contributed by atoms with Crippen LogP contribution < -0.4 is 73.5 Å². The van der Waals surface area contributed by atoms with Gasteiger partial charge in [0.15, 0.2) is 0 Å². The van der Waals surface area contributed by atoms with Crippen molar-refractivity contribution in [1.82, 2.24) is 0 Å². The summed E-state index contributed by atoms with van der Waals surface area (Å²) in [5.74, 6) is 0. The van der Waals surface area contributed by atoms with E-state index in [1.807, 2.05) is 0 Å². The largest absolute Gasteiger partial charge is 0 e. The summed E-state index contributed by atoms with van der Waals surface area (Å²) in [6.45, 7) is 0. The summed E-state index contributed by atoms with van der Waals surface area (Å²) in [6.07, 6.45) is 0. The van der Waals surface area contributed by atoms with Gasteiger partial charge in [-0.1, -0.05) is 0 Å². The molecule has 0 saturated heterocycles. The van der Waals surface area contributed by atoms with Gasteiger partial charge >= 0.3 is 65.1 Å². The number of hydrogen-bond acceptors (Lipinski definition) is 10. The zero-order chi connectivity index (χ0) is 26.0. The smallest absolute Gasteiger partial charge is 0 e. The van der Waals surface area contributed by atoms with Gasteiger partial charge in [-0.3, -0.25) is 0 Å². The number of primary amides is 12. The van der Waals surface area contributed by atoms with Crippen molar-refractivity contribution in [3.63, 3.8) is 0 Å². The summed E-state index contributed by atoms with van der Waals surface area (Å²) in [5.41, 5.74) is 51.0. The van der Waals surface area contributed by atoms with Crippen molar-refractivity contribution in [3.8, 4) is 0 Å². The molecule has 0 aromatic carbocycles. The standard InChI is InChI=1S/6CH4N2O.ClH3O4.V/c6*2-1(3)4;2-1(3,4)5;/h6*(H4,2,3,4);2-4H;. The third kappa shape index (κ3) is 986. The maximum atomic E-state index is 9.00. The molecule has 0 aromatic heterocycles. The molecule has 183 valence electrons. The summed E-state index contributed by atoms with van der Waals surface area (Å²) in [5, 5.41) is 0. The minimum Gasteiger partial charge on any atom is 0 e. The van der Waals surface area contributed by atoms with E-state index in [1.54, 1.807) is 0 Å². The van der Waals surface area contributed by atoms with Crippen LogP contribution in [0.4, 0.5) is 28.8 Å². The van der Waals surface area contributed by atoms with Crippen LogP contribution in [-0.2, 0) is 18.6 Å². The molecule has 0 bridgehead atoms. The van der Waals surface area contributed by atoms with Gasteiger partial charge in [-0.25, -0.2) is 28.8 Å². The second-order valence-electron chi connectivity index (χ2n) is 2.85. The van der Waals surface area contributed by atoms with Crippen molar-refractivity contribution in [2.24, 2.45) is 68.8 Å². The molecule has 0 rings (SSSR count). The normalized spacial score (nSPS) is 7.33. The van der Waals surface area contributed by atoms with Crippen molar-refractivity contribution in [1.29, 1.82) is 0 Å². The molecule has 0 unspecified atom stereocenters. The Bertz CT molecular complexity index is 352. The zero-order valence-electron chi connectivity index (χ0n) is 15.0. The van der Waals surface area contributed by atoms with Crippen molar-refractivity contribution in [3.05, 3.63) is 0 Å². The summed E-state index contributed by atoms with van der Waals surface area (Å²) >= 11 is 0. The number of nitrogens with two attached hydrogens (primary N) is 12. The molecule has 27 N–H and O–H groups in total. The molecule has 0 aliphatic rings. The van der Waals surface area contributed by atoms with Crippen LogP contribution >= 0.6 is 0 Å². The molecule has 22 nitrogen and oxygen atoms in total. The number of carbonyl (C=O) groups is 6. The molecular weight excluding hydrogens is 487 g/mol. The predicted octanol–water partition coefficient (Wildman–Crippen LogP) is -8.72. The molecule has 24 heteroatoms. The maximum absolute atomic E-state index is 9.00. The van der Waals surface area contributed by atoms with Crippen LogP contribution in [0.15, 0.2) is 0 Å². The van der Waals surface area contributed by atoms with Gasteiger partial charge in [0.25, 0.3) is 0 Å². The van der Waals surface area contributed by atoms with Gasteiger partial charge in [0.05, 0.1) is 0 Å². The van der Waals surface area contributed by atoms with Crippen LogP contribution in [0.25, 0.3) is 0 Å². The van der Waals surface area contributed by atoms with Crippen LogP contribution in [-0.4, -0.2) is 50.2 Å². The molecule has 0 aliphatic carbocycles. The first-order valence-corrected chi connectivity index (χ1v) is 6.67. The Labute approximate surface area is 181 Å². The molecule has 0 fully saturated rings. The van der Waals surface area contributed by atoms with Gasteiger partial charge in [-0.15, -0.1) is 0 Å². The fourth-order valence-corrected chi connectivity index (χ4v) is 0. The Hall–Kier alpha value is -3.67. The first-order valence-electron chi connectivity index (χ1n) is 5.35. The van der Waals surface area contributed by atoms with Crippen molar-refractivity contribution in [2.45, 2.75) is 0 Å². The van der Waals surface area contributed by atoms with Gasteiger partial charge in [0, 0.05) is 18.6 Å². The average molecular weight is 514 g/mol. The molecule has 0 saturated carbocycles. The number of rotatable bonds is 0. The second kappa shape index (κ2) is 36.3. The fourth-order valence-electron chi connectivity index (χ4n) is 0. The number of hydrogen-bond donors (Lipinski definition) is 15. The first-order chi connectivity index (χ1) is 12.4. The summed E-state index contributed by atoms with van der Waals surface area (Å²) in [7, 11) is -4.19. The summed E-state index contributed by atoms with van der Waals surface area (Å²) in [4.78, 5) is 54.0. The van der Waals surface area contributed by atoms with Crippen molar-refractivity contribution < 1.29 is 76.2 Å². The van der Waals surface area contributed by atoms with E-state index in [-0.39, 0.29) is 18.6 Å². The van der Waals surface area contributed by atoms with E-state index in [0.717, 1.165) is 0 Å². The number of halogens is 1. The molecule has 0 heterocycles. The topological polar surface area (TPSA) is 498 Å². The average Bonchev–Trinajstić information content (AvgIpc) is 2.18. The molecule has 0 aromatic rings. The van der Waals surface area contributed by atoms with E-state index in [4.69, 9.17) is 47.4 Å². The molecule has 12 amide bonds. The third-order valence-corrected chi connectivity index (χ3v) is 0. The monoisotopic (exact) mass is 513 g/mol. The predicted molar refractivity (Wildman–Crippen MR) is 89.3 cm³/mol. The van der Waals surface area contributed by atoms with Gasteiger partial charge in [0.2, 0.25) is 0 Å². The van der Waals surface area contributed by atoms with Crippen LogP contribution in [0.3, 0.4) is 0 Å². The number of amides is 12. The quantitative estimate of drug-likeness (QED) is 0.145. The minimum atomic E-state index is -4.19. The Morgan fingerprint density at radius 3 is 0.433 bits per heavy atom. The molecule has 1 radical (unpaired) electrons. The van der Waals surface area contributed by atoms with Crippen LogP contribution in [0.2, 0.25) is 0 Å². The third-order valence-electron chi connectivity index (χ3n) is 0. The van der Waals surface area contributed by atoms with Crippen LogP contribution in [0, 0.1) is 10.2 Å². The maximum Gasteiger partial charge on any atom is 0 e. The summed E-state index contributed by atoms with van der Waals surface area (Å²) < 4.78 is 30.2. The first kappa shape index (κ1) is 50.3. The minimum absolute atomic E-state index is 0. The van der Waals surface area contributed by atoms with E-state index in [1.165, 1.54) is 0 Å². The Morgan fingerprint density at radius 2 is 0.433 bits per heavy atom. The zero-order valence-corrected chi connectivity index (χ0v) is 17.1. The Balaban J connectivity index is -0.0000000313. The number of carbonyl (C=O) groups excluding carboxylic acids is 6. The van der Waals surface area contributed by atoms with Crippen molar-refractivity contribution >= 4 is 36.2 Å². The van der Waals surface area contributed by atoms with Gasteiger partial charge in [-0.2, -0.15) is 0 Å². The summed E-state index contributed by atoms with van der Waals surface area (Å²) in [6, 6.07) is -5.00. The van der Waals surface area contributed by atoms with E-state index < -0.39 is 46.4 Å². The van der Waals surface area contributed by atoms with Gasteiger partial charge in [-0.05, 0) is 0 Å². The van der Waals surface area contributed by atoms with E-state index >= 15 is 0 Å². The molecule has 0 spiro atoms. The van der Waals surface area contributed by atoms with Gasteiger partial charge < -0.3 is 68.8 Å². The van der Waals surface area contributed by atoms with Crippen molar-refractivity contribution in [2.75, 3.05) is 0 Å². The fraction of sp³-hybridized carbons (Fsp3) is 0. The molecule has 0 aliphatic heterocycles. The second-order valence-corrected chi connectivity index (χ2v) is 3.72. The van der Waals surface area contributed by atoms with E-state index in [0.29, 0.717) is 0 Å². The van der Waals surface area contributed by atoms with Gasteiger partial charge in [0.1, 0.15) is 0 Å². The van der Waals surface area contributed by atoms with Crippen LogP contribution in [0.5, 0.6) is 0 Å². The molecular formula is C6H27ClN12O10V. The SMILES string of the molecule is NC(N)=O.NC(N)=O.NC(N)=O.NC(N)=O.NC(N)=O.NC(N)=O.[O-][Cl+](O)(O)O.[V]. The molecule has 0 atom stereocenters. The van der Waals surface area contributed by atoms with E-state index in [2.05, 4.69) is 68.8 Å². The van der Waals surface area contributed by atoms with E-state index in [9.17, 15) is 0 Å². The Morgan fingerprint density at radius 1 is 0.433 bits per heavy atom. The van der Waals surface area contributed by atoms with Crippen LogP contribution in [0.1, 0.15) is 0 Å². The molecule has 30 heavy (non-hydrogen) atoms. The Kier molecular flexibility index (Phi) is 60.8. The number of urea groups is 6.